The van der Waals surface area contributed by atoms with Crippen molar-refractivity contribution in [3.05, 3.63) is 0 Å². The number of hydrogen-bond acceptors (Lipinski definition) is 8. The molecule has 3 N–H and O–H groups in total. The number of urea groups is 1. The lowest BCUT2D eigenvalue weighted by molar-refractivity contribution is -0.929. The van der Waals surface area contributed by atoms with E-state index in [-0.39, 0.29) is 32.4 Å². The summed E-state index contributed by atoms with van der Waals surface area (Å²) in [7, 11) is -4.87. The summed E-state index contributed by atoms with van der Waals surface area (Å²) < 4.78 is 36.4. The molecule has 1 unspecified atom stereocenters. The van der Waals surface area contributed by atoms with Gasteiger partial charge in [0.15, 0.2) is 0 Å². The molecule has 2 saturated heterocycles. The second kappa shape index (κ2) is 20.5. The summed E-state index contributed by atoms with van der Waals surface area (Å²) in [5.41, 5.74) is 0.977. The smallest absolute Gasteiger partial charge is 0.418 e. The van der Waals surface area contributed by atoms with Crippen LogP contribution in [0.25, 0.3) is 0 Å². The fourth-order valence-electron chi connectivity index (χ4n) is 6.78. The van der Waals surface area contributed by atoms with E-state index in [0.717, 1.165) is 4.90 Å². The standard InChI is InChI=1S/C17H30N4O9S.C16H36N/c1-5-17(16(2,3)4,18-14(23)24)8-9-29-19-13(22)12-7-6-11-10-20(12)15(25)21(11)30-31(26,27)28;1-5-9-13-17(14-10-6-2,15-11-7-3)16-12-8-4/h11-12,18H,5-10H2,1-4H3,(H,19,22)(H,23,24)(H,26,27,28);5-16H2,1-4H3/q;+1/p-1/t11-,12+,17?;/m1./s1. The number of piperidine rings is 1. The number of carbonyl (C=O) groups excluding carboxylic acids is 3. The third-order valence-corrected chi connectivity index (χ3v) is 10.3. The molecule has 2 fully saturated rings. The van der Waals surface area contributed by atoms with Crippen LogP contribution in [0.4, 0.5) is 9.59 Å². The van der Waals surface area contributed by atoms with E-state index in [1.807, 2.05) is 27.7 Å². The largest absolute Gasteiger partial charge is 0.530 e. The summed E-state index contributed by atoms with van der Waals surface area (Å²) in [5, 5.41) is 14.2. The Kier molecular flexibility index (Phi) is 18.7. The number of quaternary nitrogens is 1. The lowest BCUT2D eigenvalue weighted by Gasteiger charge is -2.46. The first-order chi connectivity index (χ1) is 22.4. The Hall–Kier alpha value is -2.20. The van der Waals surface area contributed by atoms with E-state index in [1.165, 1.54) is 82.0 Å². The molecule has 4 amide bonds. The van der Waals surface area contributed by atoms with Gasteiger partial charge in [0.2, 0.25) is 0 Å². The van der Waals surface area contributed by atoms with E-state index >= 15 is 0 Å². The van der Waals surface area contributed by atoms with E-state index < -0.39 is 51.5 Å². The van der Waals surface area contributed by atoms with Crippen LogP contribution in [0, 0.1) is 5.41 Å². The number of nitrogens with zero attached hydrogens (tertiary/aromatic N) is 3. The summed E-state index contributed by atoms with van der Waals surface area (Å²) in [6.45, 7) is 22.5. The van der Waals surface area contributed by atoms with Crippen LogP contribution in [0.5, 0.6) is 0 Å². The first-order valence-electron chi connectivity index (χ1n) is 18.0. The zero-order valence-electron chi connectivity index (χ0n) is 30.8. The number of hydrogen-bond donors (Lipinski definition) is 3. The summed E-state index contributed by atoms with van der Waals surface area (Å²) in [5.74, 6) is -0.605. The second-order valence-corrected chi connectivity index (χ2v) is 15.3. The van der Waals surface area contributed by atoms with Crippen molar-refractivity contribution in [1.29, 1.82) is 0 Å². The highest BCUT2D eigenvalue weighted by Crippen LogP contribution is 2.36. The molecule has 282 valence electrons. The molecule has 15 heteroatoms. The highest BCUT2D eigenvalue weighted by Gasteiger charge is 2.49. The molecule has 0 spiro atoms. The van der Waals surface area contributed by atoms with Crippen LogP contribution in [0.15, 0.2) is 0 Å². The SMILES string of the molecule is CCC(CCONC(=O)[C@@H]1CC[C@@H]2CN1C(=O)N2OS(=O)(=O)O)(NC(=O)[O-])C(C)(C)C.CCCC[N+](CCCC)(CCCC)CCCC. The molecule has 0 aromatic heterocycles. The molecule has 48 heavy (non-hydrogen) atoms. The van der Waals surface area contributed by atoms with Gasteiger partial charge >= 0.3 is 16.4 Å². The highest BCUT2D eigenvalue weighted by atomic mass is 32.3. The Bertz CT molecular complexity index is 1060. The Morgan fingerprint density at radius 1 is 0.938 bits per heavy atom. The van der Waals surface area contributed by atoms with Gasteiger partial charge in [0, 0.05) is 12.1 Å². The van der Waals surface area contributed by atoms with Crippen LogP contribution >= 0.6 is 0 Å². The van der Waals surface area contributed by atoms with Crippen molar-refractivity contribution in [2.45, 2.75) is 150 Å². The van der Waals surface area contributed by atoms with E-state index in [9.17, 15) is 27.9 Å². The first-order valence-corrected chi connectivity index (χ1v) is 19.3. The summed E-state index contributed by atoms with van der Waals surface area (Å²) >= 11 is 0. The topological polar surface area (TPSA) is 178 Å². The van der Waals surface area contributed by atoms with Crippen molar-refractivity contribution in [3.8, 4) is 0 Å². The van der Waals surface area contributed by atoms with Crippen LogP contribution in [0.2, 0.25) is 0 Å². The number of hydroxylamine groups is 3. The molecule has 14 nitrogen and oxygen atoms in total. The number of amides is 4. The monoisotopic (exact) mass is 707 g/mol. The second-order valence-electron chi connectivity index (χ2n) is 14.3. The Labute approximate surface area is 289 Å². The number of nitrogens with one attached hydrogen (secondary N) is 2. The maximum Gasteiger partial charge on any atom is 0.418 e. The van der Waals surface area contributed by atoms with Crippen molar-refractivity contribution < 1.29 is 46.1 Å². The van der Waals surface area contributed by atoms with Crippen molar-refractivity contribution in [1.82, 2.24) is 20.8 Å². The Morgan fingerprint density at radius 2 is 1.44 bits per heavy atom. The molecule has 0 aromatic carbocycles. The Morgan fingerprint density at radius 3 is 1.83 bits per heavy atom. The van der Waals surface area contributed by atoms with Gasteiger partial charge in [-0.15, -0.1) is 4.28 Å². The molecule has 3 atom stereocenters. The lowest BCUT2D eigenvalue weighted by atomic mass is 9.70. The minimum absolute atomic E-state index is 0.00157. The molecule has 2 aliphatic rings. The average Bonchev–Trinajstić information content (AvgIpc) is 3.24. The van der Waals surface area contributed by atoms with Gasteiger partial charge in [-0.3, -0.25) is 14.2 Å². The van der Waals surface area contributed by atoms with Crippen LogP contribution < -0.4 is 15.9 Å². The van der Waals surface area contributed by atoms with E-state index in [2.05, 4.69) is 42.8 Å². The predicted molar refractivity (Wildman–Crippen MR) is 182 cm³/mol. The zero-order chi connectivity index (χ0) is 36.6. The minimum atomic E-state index is -4.87. The molecular weight excluding hydrogens is 642 g/mol. The molecule has 0 aliphatic carbocycles. The van der Waals surface area contributed by atoms with Gasteiger partial charge in [-0.25, -0.2) is 10.3 Å². The third kappa shape index (κ3) is 13.6. The van der Waals surface area contributed by atoms with E-state index in [1.54, 1.807) is 0 Å². The number of rotatable bonds is 21. The van der Waals surface area contributed by atoms with Crippen LogP contribution in [0.3, 0.4) is 0 Å². The van der Waals surface area contributed by atoms with Gasteiger partial charge in [0.25, 0.3) is 5.91 Å². The van der Waals surface area contributed by atoms with Gasteiger partial charge in [-0.05, 0) is 56.8 Å². The van der Waals surface area contributed by atoms with Gasteiger partial charge < -0.3 is 24.6 Å². The molecule has 2 bridgehead atoms. The molecule has 0 aromatic rings. The number of fused-ring (bicyclic) bond motifs is 2. The lowest BCUT2D eigenvalue weighted by Crippen LogP contribution is -2.60. The van der Waals surface area contributed by atoms with Crippen LogP contribution in [0.1, 0.15) is 132 Å². The third-order valence-electron chi connectivity index (χ3n) is 9.93. The molecule has 0 radical (unpaired) electrons. The highest BCUT2D eigenvalue weighted by molar-refractivity contribution is 7.80. The molecule has 2 aliphatic heterocycles. The normalized spacial score (nSPS) is 19.4. The molecule has 2 rings (SSSR count). The van der Waals surface area contributed by atoms with E-state index in [4.69, 9.17) is 9.39 Å². The van der Waals surface area contributed by atoms with Crippen molar-refractivity contribution >= 4 is 28.4 Å². The number of carbonyl (C=O) groups is 3. The Balaban J connectivity index is 0.000000576. The van der Waals surface area contributed by atoms with Gasteiger partial charge in [0.05, 0.1) is 38.8 Å². The quantitative estimate of drug-likeness (QED) is 0.0668. The maximum absolute atomic E-state index is 12.5. The van der Waals surface area contributed by atoms with Gasteiger partial charge in [-0.1, -0.05) is 81.1 Å². The molecular formula is C33H65N5O9S. The predicted octanol–water partition coefficient (Wildman–Crippen LogP) is 4.56. The molecule has 2 heterocycles. The van der Waals surface area contributed by atoms with Crippen LogP contribution in [-0.2, 0) is 24.3 Å². The molecule has 0 saturated carbocycles. The summed E-state index contributed by atoms with van der Waals surface area (Å²) in [6.07, 6.45) is 10.9. The van der Waals surface area contributed by atoms with E-state index in [0.29, 0.717) is 11.5 Å². The number of carboxylic acid groups (broad SMARTS) is 1. The first kappa shape index (κ1) is 43.8. The van der Waals surface area contributed by atoms with Crippen molar-refractivity contribution in [2.75, 3.05) is 39.3 Å². The minimum Gasteiger partial charge on any atom is -0.530 e. The summed E-state index contributed by atoms with van der Waals surface area (Å²) in [6, 6.07) is -2.36. The van der Waals surface area contributed by atoms with Gasteiger partial charge in [0.1, 0.15) is 12.1 Å². The maximum atomic E-state index is 12.5. The fourth-order valence-corrected chi connectivity index (χ4v) is 7.17. The van der Waals surface area contributed by atoms with Crippen molar-refractivity contribution in [2.24, 2.45) is 5.41 Å². The number of unbranched alkanes of at least 4 members (excludes halogenated alkanes) is 4. The zero-order valence-corrected chi connectivity index (χ0v) is 31.7. The summed E-state index contributed by atoms with van der Waals surface area (Å²) in [4.78, 5) is 42.4. The van der Waals surface area contributed by atoms with Crippen LogP contribution in [-0.4, -0.2) is 102 Å². The van der Waals surface area contributed by atoms with Gasteiger partial charge in [-0.2, -0.15) is 13.5 Å². The van der Waals surface area contributed by atoms with Crippen molar-refractivity contribution in [3.63, 3.8) is 0 Å². The average molecular weight is 708 g/mol. The fraction of sp³-hybridized carbons (Fsp3) is 0.909.